The van der Waals surface area contributed by atoms with E-state index in [4.69, 9.17) is 9.61 Å². The van der Waals surface area contributed by atoms with Gasteiger partial charge in [-0.2, -0.15) is 0 Å². The van der Waals surface area contributed by atoms with Crippen molar-refractivity contribution in [3.63, 3.8) is 0 Å². The lowest BCUT2D eigenvalue weighted by atomic mass is 9.41. The minimum atomic E-state index is -2.94. The molecule has 5 saturated carbocycles. The molecule has 1 aliphatic heterocycles. The summed E-state index contributed by atoms with van der Waals surface area (Å²) < 4.78 is 48.3. The second-order valence-corrected chi connectivity index (χ2v) is 13.4. The summed E-state index contributed by atoms with van der Waals surface area (Å²) in [5.41, 5.74) is -0.236. The van der Waals surface area contributed by atoms with Gasteiger partial charge in [0.15, 0.2) is 11.3 Å². The number of carbonyl (C=O) groups is 2. The average Bonchev–Trinajstić information content (AvgIpc) is 3.84. The minimum Gasteiger partial charge on any atom is -0.340 e. The highest BCUT2D eigenvalue weighted by Gasteiger charge is 2.74. The Bertz CT molecular complexity index is 1560. The van der Waals surface area contributed by atoms with E-state index < -0.39 is 47.8 Å². The number of likely N-dealkylation sites (tertiary alicyclic amines) is 1. The van der Waals surface area contributed by atoms with Crippen LogP contribution < -0.4 is 5.32 Å². The Hall–Kier alpha value is -3.51. The number of amides is 2. The lowest BCUT2D eigenvalue weighted by Gasteiger charge is -2.65. The Morgan fingerprint density at radius 2 is 1.79 bits per heavy atom. The highest BCUT2D eigenvalue weighted by atomic mass is 19.3. The van der Waals surface area contributed by atoms with Gasteiger partial charge < -0.3 is 15.2 Å². The van der Waals surface area contributed by atoms with Crippen molar-refractivity contribution in [1.29, 1.82) is 0 Å². The number of nitrogens with zero attached hydrogens (tertiary/aromatic N) is 5. The summed E-state index contributed by atoms with van der Waals surface area (Å²) >= 11 is 0. The molecule has 5 aliphatic carbocycles. The van der Waals surface area contributed by atoms with E-state index in [-0.39, 0.29) is 43.3 Å². The highest BCUT2D eigenvalue weighted by Crippen LogP contribution is 2.70. The summed E-state index contributed by atoms with van der Waals surface area (Å²) in [7, 11) is 0. The number of H-pyrrole nitrogens is 1. The van der Waals surface area contributed by atoms with Gasteiger partial charge in [-0.25, -0.2) is 27.8 Å². The van der Waals surface area contributed by atoms with Crippen LogP contribution in [-0.2, 0) is 4.79 Å². The maximum Gasteiger partial charge on any atom is 0.276 e. The summed E-state index contributed by atoms with van der Waals surface area (Å²) in [6.07, 6.45) is 3.91. The fourth-order valence-corrected chi connectivity index (χ4v) is 7.78. The van der Waals surface area contributed by atoms with Crippen LogP contribution in [0.4, 0.5) is 13.2 Å². The molecule has 9 rings (SSSR count). The molecule has 6 fully saturated rings. The third-order valence-corrected chi connectivity index (χ3v) is 10.2. The molecule has 3 aromatic rings. The van der Waals surface area contributed by atoms with Crippen LogP contribution in [0.3, 0.4) is 0 Å². The van der Waals surface area contributed by atoms with E-state index in [1.165, 1.54) is 4.90 Å². The summed E-state index contributed by atoms with van der Waals surface area (Å²) in [4.78, 5) is 41.0. The molecule has 3 aromatic heterocycles. The van der Waals surface area contributed by atoms with E-state index in [9.17, 15) is 22.8 Å². The summed E-state index contributed by atoms with van der Waals surface area (Å²) in [5, 5.41) is 10.6. The summed E-state index contributed by atoms with van der Waals surface area (Å²) in [6, 6.07) is 2.04. The number of halogens is 3. The van der Waals surface area contributed by atoms with Crippen molar-refractivity contribution in [3.05, 3.63) is 35.0 Å². The number of aromatic nitrogens is 5. The van der Waals surface area contributed by atoms with Crippen LogP contribution in [0.25, 0.3) is 11.2 Å². The number of aromatic amines is 1. The number of piperidine rings is 1. The highest BCUT2D eigenvalue weighted by molar-refractivity contribution is 5.93. The van der Waals surface area contributed by atoms with E-state index in [0.29, 0.717) is 40.2 Å². The molecule has 2 bridgehead atoms. The smallest absolute Gasteiger partial charge is 0.276 e. The van der Waals surface area contributed by atoms with Crippen LogP contribution in [0, 0.1) is 30.1 Å². The van der Waals surface area contributed by atoms with Crippen molar-refractivity contribution in [2.45, 2.75) is 88.4 Å². The molecule has 0 spiro atoms. The Labute approximate surface area is 239 Å². The van der Waals surface area contributed by atoms with Crippen LogP contribution in [-0.4, -0.2) is 60.1 Å². The van der Waals surface area contributed by atoms with E-state index in [2.05, 4.69) is 25.6 Å². The molecule has 222 valence electrons. The monoisotopic (exact) mass is 583 g/mol. The SMILES string of the molecule is Cc1nonc1C(=O)N[C@@H](c1nc2nc([C@@H]3CC(F)(F)CCN3C(=O)C34CC(F)(C3)C4)ccc2[nH]1)C(C1CC1)C1CC1. The fraction of sp³-hybridized carbons (Fsp3) is 0.655. The van der Waals surface area contributed by atoms with Crippen LogP contribution >= 0.6 is 0 Å². The molecule has 2 atom stereocenters. The molecular weight excluding hydrogens is 551 g/mol. The second kappa shape index (κ2) is 8.76. The Kier molecular flexibility index (Phi) is 5.45. The Morgan fingerprint density at radius 1 is 1.07 bits per heavy atom. The Morgan fingerprint density at radius 3 is 2.40 bits per heavy atom. The number of pyridine rings is 1. The average molecular weight is 584 g/mol. The van der Waals surface area contributed by atoms with Crippen molar-refractivity contribution in [2.75, 3.05) is 6.54 Å². The van der Waals surface area contributed by atoms with Crippen molar-refractivity contribution >= 4 is 23.0 Å². The van der Waals surface area contributed by atoms with Gasteiger partial charge in [-0.1, -0.05) is 5.16 Å². The first-order valence-electron chi connectivity index (χ1n) is 14.9. The molecular formula is C29H32F3N7O3. The number of hydrogen-bond acceptors (Lipinski definition) is 7. The molecule has 4 heterocycles. The van der Waals surface area contributed by atoms with Gasteiger partial charge >= 0.3 is 0 Å². The first-order chi connectivity index (χ1) is 20.0. The summed E-state index contributed by atoms with van der Waals surface area (Å²) in [5.74, 6) is -1.91. The van der Waals surface area contributed by atoms with Gasteiger partial charge in [0.05, 0.1) is 28.7 Å². The molecule has 2 amide bonds. The number of rotatable bonds is 8. The Balaban J connectivity index is 1.12. The maximum atomic E-state index is 14.7. The van der Waals surface area contributed by atoms with Gasteiger partial charge in [0.25, 0.3) is 11.8 Å². The predicted octanol–water partition coefficient (Wildman–Crippen LogP) is 4.75. The number of imidazole rings is 1. The number of hydrogen-bond donors (Lipinski definition) is 2. The van der Waals surface area contributed by atoms with Gasteiger partial charge in [-0.3, -0.25) is 9.59 Å². The molecule has 13 heteroatoms. The van der Waals surface area contributed by atoms with E-state index >= 15 is 0 Å². The summed E-state index contributed by atoms with van der Waals surface area (Å²) in [6.45, 7) is 1.55. The molecule has 2 N–H and O–H groups in total. The number of nitrogens with one attached hydrogen (secondary N) is 2. The molecule has 42 heavy (non-hydrogen) atoms. The molecule has 0 radical (unpaired) electrons. The third kappa shape index (κ3) is 4.21. The largest absolute Gasteiger partial charge is 0.340 e. The second-order valence-electron chi connectivity index (χ2n) is 13.4. The lowest BCUT2D eigenvalue weighted by molar-refractivity contribution is -0.227. The predicted molar refractivity (Wildman–Crippen MR) is 141 cm³/mol. The van der Waals surface area contributed by atoms with Gasteiger partial charge in [-0.05, 0) is 86.9 Å². The van der Waals surface area contributed by atoms with Crippen molar-refractivity contribution < 1.29 is 27.4 Å². The zero-order valence-electron chi connectivity index (χ0n) is 23.2. The quantitative estimate of drug-likeness (QED) is 0.392. The van der Waals surface area contributed by atoms with Gasteiger partial charge in [0.1, 0.15) is 17.2 Å². The minimum absolute atomic E-state index is 0.0993. The van der Waals surface area contributed by atoms with Crippen LogP contribution in [0.5, 0.6) is 0 Å². The first kappa shape index (κ1) is 26.1. The van der Waals surface area contributed by atoms with Crippen LogP contribution in [0.2, 0.25) is 0 Å². The van der Waals surface area contributed by atoms with Gasteiger partial charge in [-0.15, -0.1) is 0 Å². The normalized spacial score (nSPS) is 30.6. The zero-order valence-corrected chi connectivity index (χ0v) is 23.2. The van der Waals surface area contributed by atoms with Crippen molar-refractivity contribution in [3.8, 4) is 0 Å². The van der Waals surface area contributed by atoms with Gasteiger partial charge in [0.2, 0.25) is 5.91 Å². The van der Waals surface area contributed by atoms with E-state index in [1.807, 2.05) is 0 Å². The van der Waals surface area contributed by atoms with Crippen molar-refractivity contribution in [2.24, 2.45) is 23.2 Å². The maximum absolute atomic E-state index is 14.7. The molecule has 0 unspecified atom stereocenters. The third-order valence-electron chi connectivity index (χ3n) is 10.2. The van der Waals surface area contributed by atoms with Gasteiger partial charge in [0, 0.05) is 19.4 Å². The molecule has 1 saturated heterocycles. The molecule has 0 aromatic carbocycles. The fourth-order valence-electron chi connectivity index (χ4n) is 7.78. The molecule has 10 nitrogen and oxygen atoms in total. The standard InChI is InChI=1S/C29H32F3N7O3/c1-14-21(38-42-37-14)25(40)35-22(20(15-2-3-15)16-4-5-16)24-34-18-7-6-17(33-23(18)36-24)19-10-29(31,32)8-9-39(19)26(41)27-11-28(30,12-27)13-27/h6-7,15-16,19-20,22H,2-5,8-13H2,1H3,(H,35,40)(H,33,34,36)/t19-,22+,27?,28?/m0/s1. The van der Waals surface area contributed by atoms with E-state index in [1.54, 1.807) is 19.1 Å². The van der Waals surface area contributed by atoms with Crippen LogP contribution in [0.15, 0.2) is 16.8 Å². The first-order valence-corrected chi connectivity index (χ1v) is 14.9. The van der Waals surface area contributed by atoms with Crippen molar-refractivity contribution in [1.82, 2.24) is 35.5 Å². The number of fused-ring (bicyclic) bond motifs is 1. The molecule has 6 aliphatic rings. The van der Waals surface area contributed by atoms with Crippen LogP contribution in [0.1, 0.15) is 97.6 Å². The van der Waals surface area contributed by atoms with E-state index in [0.717, 1.165) is 25.7 Å². The number of aryl methyl sites for hydroxylation is 1. The zero-order chi connectivity index (χ0) is 29.0. The topological polar surface area (TPSA) is 130 Å². The lowest BCUT2D eigenvalue weighted by Crippen LogP contribution is -2.71. The number of carbonyl (C=O) groups excluding carboxylic acids is 2. The number of alkyl halides is 3.